The SMILES string of the molecule is Cc1nnc(CN(C)C(=O)c2ccc(F)c(Cl)c2)o1. The number of rotatable bonds is 3. The Balaban J connectivity index is 2.12. The summed E-state index contributed by atoms with van der Waals surface area (Å²) in [5, 5.41) is 7.38. The van der Waals surface area contributed by atoms with Crippen LogP contribution < -0.4 is 0 Å². The summed E-state index contributed by atoms with van der Waals surface area (Å²) in [4.78, 5) is 13.5. The zero-order valence-electron chi connectivity index (χ0n) is 10.4. The number of aromatic nitrogens is 2. The van der Waals surface area contributed by atoms with Gasteiger partial charge >= 0.3 is 0 Å². The van der Waals surface area contributed by atoms with E-state index in [1.54, 1.807) is 14.0 Å². The Hall–Kier alpha value is -1.95. The van der Waals surface area contributed by atoms with Gasteiger partial charge in [0.1, 0.15) is 5.82 Å². The van der Waals surface area contributed by atoms with Crippen LogP contribution in [0.2, 0.25) is 5.02 Å². The van der Waals surface area contributed by atoms with Crippen LogP contribution in [0.15, 0.2) is 22.6 Å². The minimum Gasteiger partial charge on any atom is -0.424 e. The summed E-state index contributed by atoms with van der Waals surface area (Å²) < 4.78 is 18.2. The number of carbonyl (C=O) groups excluding carboxylic acids is 1. The number of hydrogen-bond acceptors (Lipinski definition) is 4. The average Bonchev–Trinajstić information content (AvgIpc) is 2.77. The first-order chi connectivity index (χ1) is 8.97. The van der Waals surface area contributed by atoms with Gasteiger partial charge in [0.15, 0.2) is 0 Å². The highest BCUT2D eigenvalue weighted by molar-refractivity contribution is 6.31. The second kappa shape index (κ2) is 5.36. The van der Waals surface area contributed by atoms with Crippen molar-refractivity contribution in [3.05, 3.63) is 46.4 Å². The summed E-state index contributed by atoms with van der Waals surface area (Å²) >= 11 is 5.64. The third kappa shape index (κ3) is 3.08. The van der Waals surface area contributed by atoms with Crippen molar-refractivity contribution in [2.75, 3.05) is 7.05 Å². The first kappa shape index (κ1) is 13.5. The molecule has 0 unspecified atom stereocenters. The molecule has 1 amide bonds. The number of carbonyl (C=O) groups is 1. The topological polar surface area (TPSA) is 59.2 Å². The first-order valence-corrected chi connectivity index (χ1v) is 5.84. The largest absolute Gasteiger partial charge is 0.424 e. The second-order valence-corrected chi connectivity index (χ2v) is 4.41. The molecule has 0 N–H and O–H groups in total. The van der Waals surface area contributed by atoms with Crippen molar-refractivity contribution >= 4 is 17.5 Å². The maximum Gasteiger partial charge on any atom is 0.254 e. The van der Waals surface area contributed by atoms with Gasteiger partial charge in [-0.15, -0.1) is 10.2 Å². The summed E-state index contributed by atoms with van der Waals surface area (Å²) in [6.45, 7) is 1.84. The molecule has 0 saturated heterocycles. The first-order valence-electron chi connectivity index (χ1n) is 5.47. The van der Waals surface area contributed by atoms with Crippen LogP contribution in [-0.4, -0.2) is 28.1 Å². The van der Waals surface area contributed by atoms with Crippen LogP contribution >= 0.6 is 11.6 Å². The Morgan fingerprint density at radius 2 is 2.21 bits per heavy atom. The molecule has 0 aliphatic carbocycles. The highest BCUT2D eigenvalue weighted by Gasteiger charge is 2.16. The molecule has 0 radical (unpaired) electrons. The maximum absolute atomic E-state index is 13.0. The molecule has 2 rings (SSSR count). The Morgan fingerprint density at radius 1 is 1.47 bits per heavy atom. The minimum atomic E-state index is -0.562. The van der Waals surface area contributed by atoms with E-state index >= 15 is 0 Å². The van der Waals surface area contributed by atoms with E-state index < -0.39 is 5.82 Å². The van der Waals surface area contributed by atoms with E-state index in [9.17, 15) is 9.18 Å². The highest BCUT2D eigenvalue weighted by Crippen LogP contribution is 2.17. The van der Waals surface area contributed by atoms with E-state index in [0.717, 1.165) is 6.07 Å². The van der Waals surface area contributed by atoms with Crippen molar-refractivity contribution in [3.8, 4) is 0 Å². The second-order valence-electron chi connectivity index (χ2n) is 4.00. The molecule has 0 aliphatic heterocycles. The van der Waals surface area contributed by atoms with Crippen molar-refractivity contribution in [2.24, 2.45) is 0 Å². The van der Waals surface area contributed by atoms with Gasteiger partial charge in [0, 0.05) is 19.5 Å². The van der Waals surface area contributed by atoms with Crippen molar-refractivity contribution in [1.82, 2.24) is 15.1 Å². The van der Waals surface area contributed by atoms with E-state index in [0.29, 0.717) is 17.3 Å². The fourth-order valence-corrected chi connectivity index (χ4v) is 1.71. The van der Waals surface area contributed by atoms with Crippen LogP contribution in [0, 0.1) is 12.7 Å². The van der Waals surface area contributed by atoms with Gasteiger partial charge in [-0.25, -0.2) is 4.39 Å². The third-order valence-electron chi connectivity index (χ3n) is 2.45. The molecule has 0 fully saturated rings. The molecule has 1 heterocycles. The summed E-state index contributed by atoms with van der Waals surface area (Å²) in [6, 6.07) is 3.81. The summed E-state index contributed by atoms with van der Waals surface area (Å²) in [7, 11) is 1.58. The molecule has 0 atom stereocenters. The molecule has 0 aliphatic rings. The van der Waals surface area contributed by atoms with Gasteiger partial charge in [0.25, 0.3) is 5.91 Å². The molecule has 0 bridgehead atoms. The van der Waals surface area contributed by atoms with Gasteiger partial charge in [-0.1, -0.05) is 11.6 Å². The van der Waals surface area contributed by atoms with Gasteiger partial charge in [-0.2, -0.15) is 0 Å². The standard InChI is InChI=1S/C12H11ClFN3O2/c1-7-15-16-11(19-7)6-17(2)12(18)8-3-4-10(14)9(13)5-8/h3-5H,6H2,1-2H3. The minimum absolute atomic E-state index is 0.0899. The third-order valence-corrected chi connectivity index (χ3v) is 2.74. The number of hydrogen-bond donors (Lipinski definition) is 0. The predicted octanol–water partition coefficient (Wildman–Crippen LogP) is 2.44. The zero-order valence-corrected chi connectivity index (χ0v) is 11.1. The molecule has 7 heteroatoms. The van der Waals surface area contributed by atoms with Crippen molar-refractivity contribution < 1.29 is 13.6 Å². The van der Waals surface area contributed by atoms with E-state index in [-0.39, 0.29) is 17.5 Å². The lowest BCUT2D eigenvalue weighted by Gasteiger charge is -2.15. The van der Waals surface area contributed by atoms with Gasteiger partial charge in [-0.05, 0) is 18.2 Å². The van der Waals surface area contributed by atoms with Crippen LogP contribution in [0.5, 0.6) is 0 Å². The number of aryl methyl sites for hydroxylation is 1. The van der Waals surface area contributed by atoms with Crippen molar-refractivity contribution in [3.63, 3.8) is 0 Å². The number of amides is 1. The van der Waals surface area contributed by atoms with Gasteiger partial charge in [0.2, 0.25) is 11.8 Å². The van der Waals surface area contributed by atoms with E-state index in [4.69, 9.17) is 16.0 Å². The molecule has 5 nitrogen and oxygen atoms in total. The van der Waals surface area contributed by atoms with Gasteiger partial charge < -0.3 is 9.32 Å². The van der Waals surface area contributed by atoms with Crippen molar-refractivity contribution in [1.29, 1.82) is 0 Å². The lowest BCUT2D eigenvalue weighted by atomic mass is 10.2. The zero-order chi connectivity index (χ0) is 14.0. The molecule has 1 aromatic heterocycles. The molecule has 0 spiro atoms. The van der Waals surface area contributed by atoms with Crippen molar-refractivity contribution in [2.45, 2.75) is 13.5 Å². The summed E-state index contributed by atoms with van der Waals surface area (Å²) in [5.74, 6) is -0.103. The van der Waals surface area contributed by atoms with Gasteiger partial charge in [-0.3, -0.25) is 4.79 Å². The van der Waals surface area contributed by atoms with Gasteiger partial charge in [0.05, 0.1) is 11.6 Å². The van der Waals surface area contributed by atoms with Crippen LogP contribution in [0.4, 0.5) is 4.39 Å². The van der Waals surface area contributed by atoms with E-state index in [1.807, 2.05) is 0 Å². The fourth-order valence-electron chi connectivity index (χ4n) is 1.53. The molecule has 100 valence electrons. The Labute approximate surface area is 114 Å². The average molecular weight is 284 g/mol. The number of nitrogens with zero attached hydrogens (tertiary/aromatic N) is 3. The Morgan fingerprint density at radius 3 is 2.79 bits per heavy atom. The quantitative estimate of drug-likeness (QED) is 0.868. The molecule has 19 heavy (non-hydrogen) atoms. The monoisotopic (exact) mass is 283 g/mol. The van der Waals surface area contributed by atoms with Crippen LogP contribution in [0.1, 0.15) is 22.1 Å². The Kier molecular flexibility index (Phi) is 3.80. The maximum atomic E-state index is 13.0. The fraction of sp³-hybridized carbons (Fsp3) is 0.250. The molecule has 1 aromatic carbocycles. The molecule has 0 saturated carbocycles. The lowest BCUT2D eigenvalue weighted by molar-refractivity contribution is 0.0772. The number of halogens is 2. The highest BCUT2D eigenvalue weighted by atomic mass is 35.5. The summed E-state index contributed by atoms with van der Waals surface area (Å²) in [6.07, 6.45) is 0. The molecular formula is C12H11ClFN3O2. The number of benzene rings is 1. The van der Waals surface area contributed by atoms with E-state index in [2.05, 4.69) is 10.2 Å². The Bertz CT molecular complexity index is 615. The van der Waals surface area contributed by atoms with E-state index in [1.165, 1.54) is 17.0 Å². The lowest BCUT2D eigenvalue weighted by Crippen LogP contribution is -2.26. The smallest absolute Gasteiger partial charge is 0.254 e. The van der Waals surface area contributed by atoms with Crippen LogP contribution in [0.3, 0.4) is 0 Å². The molecule has 2 aromatic rings. The van der Waals surface area contributed by atoms with Crippen LogP contribution in [-0.2, 0) is 6.54 Å². The van der Waals surface area contributed by atoms with Crippen LogP contribution in [0.25, 0.3) is 0 Å². The summed E-state index contributed by atoms with van der Waals surface area (Å²) in [5.41, 5.74) is 0.296. The predicted molar refractivity (Wildman–Crippen MR) is 66.2 cm³/mol. The normalized spacial score (nSPS) is 10.5. The molecular weight excluding hydrogens is 273 g/mol.